The van der Waals surface area contributed by atoms with E-state index in [-0.39, 0.29) is 5.84 Å². The highest BCUT2D eigenvalue weighted by Gasteiger charge is 2.29. The number of ether oxygens (including phenoxy) is 1. The molecule has 2 unspecified atom stereocenters. The minimum atomic E-state index is 0.107. The van der Waals surface area contributed by atoms with E-state index < -0.39 is 0 Å². The number of hydrogen-bond donors (Lipinski definition) is 2. The normalized spacial score (nSPS) is 22.9. The molecule has 1 aromatic rings. The molecule has 0 radical (unpaired) electrons. The first-order valence-corrected chi connectivity index (χ1v) is 7.33. The fourth-order valence-corrected chi connectivity index (χ4v) is 3.12. The Bertz CT molecular complexity index is 487. The number of methoxy groups -OCH3 is 1. The highest BCUT2D eigenvalue weighted by Crippen LogP contribution is 2.30. The summed E-state index contributed by atoms with van der Waals surface area (Å²) in [6.45, 7) is 5.40. The summed E-state index contributed by atoms with van der Waals surface area (Å²) in [5.74, 6) is 0.986. The van der Waals surface area contributed by atoms with Gasteiger partial charge in [-0.2, -0.15) is 0 Å². The second kappa shape index (κ2) is 6.27. The maximum absolute atomic E-state index is 7.58. The van der Waals surface area contributed by atoms with Crippen LogP contribution in [0.4, 0.5) is 0 Å². The van der Waals surface area contributed by atoms with Crippen LogP contribution in [0.25, 0.3) is 0 Å². The molecule has 2 atom stereocenters. The number of amidine groups is 1. The maximum Gasteiger partial charge on any atom is 0.123 e. The van der Waals surface area contributed by atoms with E-state index >= 15 is 0 Å². The van der Waals surface area contributed by atoms with E-state index in [0.29, 0.717) is 12.1 Å². The third-order valence-corrected chi connectivity index (χ3v) is 4.37. The van der Waals surface area contributed by atoms with Gasteiger partial charge in [0, 0.05) is 29.8 Å². The van der Waals surface area contributed by atoms with Crippen LogP contribution in [0.1, 0.15) is 44.2 Å². The number of nitrogens with one attached hydrogen (secondary N) is 1. The summed E-state index contributed by atoms with van der Waals surface area (Å²) in [6, 6.07) is 6.99. The predicted octanol–water partition coefficient (Wildman–Crippen LogP) is 2.74. The average molecular weight is 275 g/mol. The van der Waals surface area contributed by atoms with Gasteiger partial charge in [-0.15, -0.1) is 0 Å². The number of benzene rings is 1. The number of nitrogens with two attached hydrogens (primary N) is 1. The minimum absolute atomic E-state index is 0.107. The lowest BCUT2D eigenvalue weighted by Crippen LogP contribution is -2.33. The largest absolute Gasteiger partial charge is 0.496 e. The SMILES string of the molecule is CCC1CCC(C)N1Cc1cc(C(=N)N)ccc1OC. The molecule has 3 N–H and O–H groups in total. The molecule has 1 aliphatic rings. The molecule has 0 bridgehead atoms. The van der Waals surface area contributed by atoms with Crippen molar-refractivity contribution < 1.29 is 4.74 Å². The monoisotopic (exact) mass is 275 g/mol. The quantitative estimate of drug-likeness (QED) is 0.641. The molecule has 110 valence electrons. The van der Waals surface area contributed by atoms with Crippen LogP contribution in [-0.2, 0) is 6.54 Å². The number of nitrogen functional groups attached to an aromatic ring is 1. The van der Waals surface area contributed by atoms with Crippen LogP contribution < -0.4 is 10.5 Å². The number of rotatable bonds is 5. The standard InChI is InChI=1S/C16H25N3O/c1-4-14-7-5-11(2)19(14)10-13-9-12(16(17)18)6-8-15(13)20-3/h6,8-9,11,14H,4-5,7,10H2,1-3H3,(H3,17,18). The third kappa shape index (κ3) is 2.96. The van der Waals surface area contributed by atoms with Crippen LogP contribution in [0.15, 0.2) is 18.2 Å². The number of nitrogens with zero attached hydrogens (tertiary/aromatic N) is 1. The van der Waals surface area contributed by atoms with Gasteiger partial charge >= 0.3 is 0 Å². The lowest BCUT2D eigenvalue weighted by Gasteiger charge is -2.28. The topological polar surface area (TPSA) is 62.3 Å². The van der Waals surface area contributed by atoms with Crippen LogP contribution in [0, 0.1) is 5.41 Å². The van der Waals surface area contributed by atoms with E-state index in [0.717, 1.165) is 23.4 Å². The van der Waals surface area contributed by atoms with Gasteiger partial charge in [0.2, 0.25) is 0 Å². The van der Waals surface area contributed by atoms with Gasteiger partial charge in [-0.05, 0) is 44.4 Å². The number of likely N-dealkylation sites (tertiary alicyclic amines) is 1. The Labute approximate surface area is 121 Å². The third-order valence-electron chi connectivity index (χ3n) is 4.37. The summed E-state index contributed by atoms with van der Waals surface area (Å²) in [5, 5.41) is 7.58. The van der Waals surface area contributed by atoms with Crippen LogP contribution in [0.5, 0.6) is 5.75 Å². The molecule has 1 saturated heterocycles. The van der Waals surface area contributed by atoms with Crippen molar-refractivity contribution in [3.05, 3.63) is 29.3 Å². The van der Waals surface area contributed by atoms with Gasteiger partial charge in [0.05, 0.1) is 7.11 Å². The molecule has 0 saturated carbocycles. The molecule has 20 heavy (non-hydrogen) atoms. The molecule has 1 aromatic carbocycles. The van der Waals surface area contributed by atoms with Crippen LogP contribution in [0.2, 0.25) is 0 Å². The average Bonchev–Trinajstić information content (AvgIpc) is 2.79. The van der Waals surface area contributed by atoms with Crippen LogP contribution in [-0.4, -0.2) is 29.9 Å². The summed E-state index contributed by atoms with van der Waals surface area (Å²) in [6.07, 6.45) is 3.71. The Morgan fingerprint density at radius 3 is 2.80 bits per heavy atom. The van der Waals surface area contributed by atoms with E-state index in [4.69, 9.17) is 15.9 Å². The Balaban J connectivity index is 2.26. The smallest absolute Gasteiger partial charge is 0.123 e. The first kappa shape index (κ1) is 14.9. The molecular formula is C16H25N3O. The van der Waals surface area contributed by atoms with E-state index in [2.05, 4.69) is 18.7 Å². The molecule has 0 amide bonds. The summed E-state index contributed by atoms with van der Waals surface area (Å²) in [7, 11) is 1.69. The molecule has 1 fully saturated rings. The van der Waals surface area contributed by atoms with Crippen molar-refractivity contribution in [2.45, 2.75) is 51.7 Å². The van der Waals surface area contributed by atoms with Crippen molar-refractivity contribution in [1.29, 1.82) is 5.41 Å². The fraction of sp³-hybridized carbons (Fsp3) is 0.562. The van der Waals surface area contributed by atoms with Gasteiger partial charge in [0.1, 0.15) is 11.6 Å². The Morgan fingerprint density at radius 2 is 2.20 bits per heavy atom. The molecule has 0 spiro atoms. The van der Waals surface area contributed by atoms with Gasteiger partial charge < -0.3 is 10.5 Å². The van der Waals surface area contributed by atoms with Crippen LogP contribution in [0.3, 0.4) is 0 Å². The van der Waals surface area contributed by atoms with Crippen molar-refractivity contribution >= 4 is 5.84 Å². The predicted molar refractivity (Wildman–Crippen MR) is 82.3 cm³/mol. The lowest BCUT2D eigenvalue weighted by molar-refractivity contribution is 0.187. The van der Waals surface area contributed by atoms with Gasteiger partial charge in [-0.3, -0.25) is 10.3 Å². The fourth-order valence-electron chi connectivity index (χ4n) is 3.12. The molecule has 1 aliphatic heterocycles. The molecule has 0 aromatic heterocycles. The van der Waals surface area contributed by atoms with Crippen molar-refractivity contribution in [3.8, 4) is 5.75 Å². The Morgan fingerprint density at radius 1 is 1.45 bits per heavy atom. The zero-order valence-corrected chi connectivity index (χ0v) is 12.6. The van der Waals surface area contributed by atoms with Crippen molar-refractivity contribution in [2.75, 3.05) is 7.11 Å². The molecule has 4 nitrogen and oxygen atoms in total. The summed E-state index contributed by atoms with van der Waals surface area (Å²) in [5.41, 5.74) is 7.47. The van der Waals surface area contributed by atoms with E-state index in [1.54, 1.807) is 7.11 Å². The van der Waals surface area contributed by atoms with Crippen LogP contribution >= 0.6 is 0 Å². The molecule has 0 aliphatic carbocycles. The van der Waals surface area contributed by atoms with Crippen molar-refractivity contribution in [2.24, 2.45) is 5.73 Å². The number of hydrogen-bond acceptors (Lipinski definition) is 3. The summed E-state index contributed by atoms with van der Waals surface area (Å²) in [4.78, 5) is 2.54. The van der Waals surface area contributed by atoms with E-state index in [1.165, 1.54) is 19.3 Å². The van der Waals surface area contributed by atoms with E-state index in [9.17, 15) is 0 Å². The van der Waals surface area contributed by atoms with Crippen molar-refractivity contribution in [3.63, 3.8) is 0 Å². The van der Waals surface area contributed by atoms with Gasteiger partial charge in [-0.1, -0.05) is 6.92 Å². The highest BCUT2D eigenvalue weighted by molar-refractivity contribution is 5.95. The Hall–Kier alpha value is -1.55. The van der Waals surface area contributed by atoms with Gasteiger partial charge in [-0.25, -0.2) is 0 Å². The minimum Gasteiger partial charge on any atom is -0.496 e. The first-order chi connectivity index (χ1) is 9.56. The zero-order valence-electron chi connectivity index (χ0n) is 12.6. The molecule has 4 heteroatoms. The zero-order chi connectivity index (χ0) is 14.7. The highest BCUT2D eigenvalue weighted by atomic mass is 16.5. The molecule has 2 rings (SSSR count). The van der Waals surface area contributed by atoms with E-state index in [1.807, 2.05) is 18.2 Å². The maximum atomic E-state index is 7.58. The Kier molecular flexibility index (Phi) is 4.65. The lowest BCUT2D eigenvalue weighted by atomic mass is 10.1. The molecule has 1 heterocycles. The van der Waals surface area contributed by atoms with Gasteiger partial charge in [0.15, 0.2) is 0 Å². The summed E-state index contributed by atoms with van der Waals surface area (Å²) < 4.78 is 5.46. The first-order valence-electron chi connectivity index (χ1n) is 7.33. The second-order valence-electron chi connectivity index (χ2n) is 5.60. The second-order valence-corrected chi connectivity index (χ2v) is 5.60. The van der Waals surface area contributed by atoms with Gasteiger partial charge in [0.25, 0.3) is 0 Å². The van der Waals surface area contributed by atoms with Crippen molar-refractivity contribution in [1.82, 2.24) is 4.90 Å². The summed E-state index contributed by atoms with van der Waals surface area (Å²) >= 11 is 0. The molecular weight excluding hydrogens is 250 g/mol.